The van der Waals surface area contributed by atoms with Gasteiger partial charge < -0.3 is 4.90 Å². The standard InChI is InChI=1S/C15H17ClN4/c1-2-14(11-18)19-5-7-20(8-6-19)15-9-13(16)4-3-12(15)10-17/h3-4,9,14H,2,5-8H2,1H3. The highest BCUT2D eigenvalue weighted by atomic mass is 35.5. The van der Waals surface area contributed by atoms with Crippen LogP contribution in [-0.2, 0) is 0 Å². The predicted octanol–water partition coefficient (Wildman–Crippen LogP) is 2.64. The normalized spacial score (nSPS) is 17.3. The highest BCUT2D eigenvalue weighted by molar-refractivity contribution is 6.30. The van der Waals surface area contributed by atoms with Gasteiger partial charge in [0.15, 0.2) is 0 Å². The summed E-state index contributed by atoms with van der Waals surface area (Å²) in [7, 11) is 0. The number of rotatable bonds is 3. The Hall–Kier alpha value is -1.75. The summed E-state index contributed by atoms with van der Waals surface area (Å²) >= 11 is 6.03. The van der Waals surface area contributed by atoms with E-state index in [4.69, 9.17) is 16.9 Å². The summed E-state index contributed by atoms with van der Waals surface area (Å²) in [6, 6.07) is 9.89. The van der Waals surface area contributed by atoms with Crippen molar-refractivity contribution in [3.8, 4) is 12.1 Å². The number of halogens is 1. The van der Waals surface area contributed by atoms with Crippen LogP contribution in [0.1, 0.15) is 18.9 Å². The molecule has 1 fully saturated rings. The Morgan fingerprint density at radius 3 is 2.50 bits per heavy atom. The number of benzene rings is 1. The van der Waals surface area contributed by atoms with Crippen LogP contribution in [0.5, 0.6) is 0 Å². The van der Waals surface area contributed by atoms with Crippen molar-refractivity contribution < 1.29 is 0 Å². The molecule has 5 heteroatoms. The fraction of sp³-hybridized carbons (Fsp3) is 0.467. The van der Waals surface area contributed by atoms with Gasteiger partial charge >= 0.3 is 0 Å². The highest BCUT2D eigenvalue weighted by Crippen LogP contribution is 2.25. The molecule has 1 aromatic carbocycles. The molecule has 0 aliphatic carbocycles. The van der Waals surface area contributed by atoms with E-state index < -0.39 is 0 Å². The van der Waals surface area contributed by atoms with Crippen LogP contribution < -0.4 is 4.90 Å². The van der Waals surface area contributed by atoms with Crippen molar-refractivity contribution in [3.05, 3.63) is 28.8 Å². The minimum atomic E-state index is -0.00746. The summed E-state index contributed by atoms with van der Waals surface area (Å²) in [4.78, 5) is 4.37. The van der Waals surface area contributed by atoms with Gasteiger partial charge in [-0.2, -0.15) is 10.5 Å². The zero-order valence-corrected chi connectivity index (χ0v) is 12.3. The van der Waals surface area contributed by atoms with Crippen molar-refractivity contribution in [2.45, 2.75) is 19.4 Å². The van der Waals surface area contributed by atoms with Crippen molar-refractivity contribution in [3.63, 3.8) is 0 Å². The first-order valence-corrected chi connectivity index (χ1v) is 7.15. The highest BCUT2D eigenvalue weighted by Gasteiger charge is 2.23. The van der Waals surface area contributed by atoms with Crippen molar-refractivity contribution in [2.75, 3.05) is 31.1 Å². The molecular formula is C15H17ClN4. The van der Waals surface area contributed by atoms with Gasteiger partial charge in [-0.05, 0) is 24.6 Å². The van der Waals surface area contributed by atoms with E-state index in [2.05, 4.69) is 21.9 Å². The fourth-order valence-electron chi connectivity index (χ4n) is 2.57. The molecule has 0 bridgehead atoms. The molecule has 0 saturated carbocycles. The van der Waals surface area contributed by atoms with Crippen LogP contribution in [0.3, 0.4) is 0 Å². The van der Waals surface area contributed by atoms with Crippen LogP contribution >= 0.6 is 11.6 Å². The van der Waals surface area contributed by atoms with Crippen LogP contribution in [0.15, 0.2) is 18.2 Å². The van der Waals surface area contributed by atoms with Gasteiger partial charge in [0.1, 0.15) is 6.07 Å². The second kappa shape index (κ2) is 6.61. The average Bonchev–Trinajstić information content (AvgIpc) is 2.49. The van der Waals surface area contributed by atoms with Crippen molar-refractivity contribution in [1.29, 1.82) is 10.5 Å². The lowest BCUT2D eigenvalue weighted by atomic mass is 10.1. The smallest absolute Gasteiger partial charge is 0.101 e. The molecular weight excluding hydrogens is 272 g/mol. The molecule has 0 spiro atoms. The summed E-state index contributed by atoms with van der Waals surface area (Å²) in [5.74, 6) is 0. The second-order valence-electron chi connectivity index (χ2n) is 4.85. The Kier molecular flexibility index (Phi) is 4.84. The Bertz CT molecular complexity index is 550. The Balaban J connectivity index is 2.10. The number of nitrogens with zero attached hydrogens (tertiary/aromatic N) is 4. The number of hydrogen-bond donors (Lipinski definition) is 0. The molecule has 104 valence electrons. The summed E-state index contributed by atoms with van der Waals surface area (Å²) < 4.78 is 0. The van der Waals surface area contributed by atoms with E-state index in [1.165, 1.54) is 0 Å². The van der Waals surface area contributed by atoms with Crippen molar-refractivity contribution in [1.82, 2.24) is 4.90 Å². The van der Waals surface area contributed by atoms with Gasteiger partial charge in [-0.3, -0.25) is 4.90 Å². The maximum atomic E-state index is 9.18. The van der Waals surface area contributed by atoms with Gasteiger partial charge in [-0.15, -0.1) is 0 Å². The lowest BCUT2D eigenvalue weighted by molar-refractivity contribution is 0.216. The van der Waals surface area contributed by atoms with Gasteiger partial charge in [0.2, 0.25) is 0 Å². The molecule has 1 atom stereocenters. The fourth-order valence-corrected chi connectivity index (χ4v) is 2.73. The van der Waals surface area contributed by atoms with Crippen LogP contribution in [-0.4, -0.2) is 37.1 Å². The maximum absolute atomic E-state index is 9.18. The molecule has 0 N–H and O–H groups in total. The van der Waals surface area contributed by atoms with Crippen molar-refractivity contribution in [2.24, 2.45) is 0 Å². The maximum Gasteiger partial charge on any atom is 0.101 e. The SMILES string of the molecule is CCC(C#N)N1CCN(c2cc(Cl)ccc2C#N)CC1. The minimum absolute atomic E-state index is 0.00746. The van der Waals surface area contributed by atoms with Crippen molar-refractivity contribution >= 4 is 17.3 Å². The summed E-state index contributed by atoms with van der Waals surface area (Å²) in [5, 5.41) is 18.9. The van der Waals surface area contributed by atoms with E-state index in [9.17, 15) is 5.26 Å². The Labute approximate surface area is 124 Å². The molecule has 4 nitrogen and oxygen atoms in total. The van der Waals surface area contributed by atoms with Gasteiger partial charge in [-0.25, -0.2) is 0 Å². The molecule has 20 heavy (non-hydrogen) atoms. The first kappa shape index (κ1) is 14.7. The molecule has 1 heterocycles. The molecule has 1 aliphatic rings. The largest absolute Gasteiger partial charge is 0.368 e. The summed E-state index contributed by atoms with van der Waals surface area (Å²) in [6.45, 7) is 5.33. The Morgan fingerprint density at radius 1 is 1.25 bits per heavy atom. The van der Waals surface area contributed by atoms with E-state index >= 15 is 0 Å². The van der Waals surface area contributed by atoms with Gasteiger partial charge in [0, 0.05) is 31.2 Å². The molecule has 1 saturated heterocycles. The second-order valence-corrected chi connectivity index (χ2v) is 5.29. The van der Waals surface area contributed by atoms with E-state index in [1.807, 2.05) is 13.0 Å². The van der Waals surface area contributed by atoms with E-state index in [0.717, 1.165) is 38.3 Å². The first-order chi connectivity index (χ1) is 9.69. The van der Waals surface area contributed by atoms with Gasteiger partial charge in [-0.1, -0.05) is 18.5 Å². The van der Waals surface area contributed by atoms with Crippen LogP contribution in [0.4, 0.5) is 5.69 Å². The lowest BCUT2D eigenvalue weighted by Gasteiger charge is -2.38. The van der Waals surface area contributed by atoms with Crippen LogP contribution in [0.25, 0.3) is 0 Å². The Morgan fingerprint density at radius 2 is 1.95 bits per heavy atom. The quantitative estimate of drug-likeness (QED) is 0.858. The molecule has 0 amide bonds. The lowest BCUT2D eigenvalue weighted by Crippen LogP contribution is -2.50. The molecule has 0 aromatic heterocycles. The van der Waals surface area contributed by atoms with E-state index in [1.54, 1.807) is 12.1 Å². The third-order valence-electron chi connectivity index (χ3n) is 3.71. The minimum Gasteiger partial charge on any atom is -0.368 e. The van der Waals surface area contributed by atoms with Crippen LogP contribution in [0, 0.1) is 22.7 Å². The predicted molar refractivity (Wildman–Crippen MR) is 79.6 cm³/mol. The van der Waals surface area contributed by atoms with Crippen LogP contribution in [0.2, 0.25) is 5.02 Å². The zero-order valence-electron chi connectivity index (χ0n) is 11.5. The van der Waals surface area contributed by atoms with Gasteiger partial charge in [0.25, 0.3) is 0 Å². The third kappa shape index (κ3) is 3.04. The topological polar surface area (TPSA) is 54.1 Å². The number of hydrogen-bond acceptors (Lipinski definition) is 4. The average molecular weight is 289 g/mol. The molecule has 1 aliphatic heterocycles. The molecule has 2 rings (SSSR count). The summed E-state index contributed by atoms with van der Waals surface area (Å²) in [6.07, 6.45) is 0.844. The zero-order chi connectivity index (χ0) is 14.5. The number of piperazine rings is 1. The monoisotopic (exact) mass is 288 g/mol. The van der Waals surface area contributed by atoms with E-state index in [-0.39, 0.29) is 6.04 Å². The third-order valence-corrected chi connectivity index (χ3v) is 3.95. The molecule has 1 unspecified atom stereocenters. The summed E-state index contributed by atoms with van der Waals surface area (Å²) in [5.41, 5.74) is 1.54. The molecule has 1 aromatic rings. The van der Waals surface area contributed by atoms with Gasteiger partial charge in [0.05, 0.1) is 23.4 Å². The number of anilines is 1. The first-order valence-electron chi connectivity index (χ1n) is 6.77. The van der Waals surface area contributed by atoms with E-state index in [0.29, 0.717) is 10.6 Å². The number of nitriles is 2. The molecule has 0 radical (unpaired) electrons.